The standard InChI is InChI=1S/C21H15ClN2O2/c1-13-6-11-18-19(12-13)26-21(24-18)14-7-9-15(10-8-14)23-20(25)16-4-2-3-5-17(16)22/h2-12H,1H3,(H,23,25). The molecule has 0 spiro atoms. The highest BCUT2D eigenvalue weighted by atomic mass is 35.5. The van der Waals surface area contributed by atoms with Crippen molar-refractivity contribution in [2.75, 3.05) is 5.32 Å². The van der Waals surface area contributed by atoms with Gasteiger partial charge in [-0.1, -0.05) is 29.8 Å². The van der Waals surface area contributed by atoms with Crippen molar-refractivity contribution >= 4 is 34.3 Å². The van der Waals surface area contributed by atoms with Crippen LogP contribution in [0.15, 0.2) is 71.1 Å². The van der Waals surface area contributed by atoms with E-state index < -0.39 is 0 Å². The lowest BCUT2D eigenvalue weighted by molar-refractivity contribution is 0.102. The minimum atomic E-state index is -0.249. The lowest BCUT2D eigenvalue weighted by Gasteiger charge is -2.07. The number of aromatic nitrogens is 1. The number of benzene rings is 3. The summed E-state index contributed by atoms with van der Waals surface area (Å²) < 4.78 is 5.83. The summed E-state index contributed by atoms with van der Waals surface area (Å²) in [5.41, 5.74) is 4.66. The number of aryl methyl sites for hydroxylation is 1. The molecule has 5 heteroatoms. The molecule has 0 aliphatic carbocycles. The van der Waals surface area contributed by atoms with Gasteiger partial charge in [0.1, 0.15) is 5.52 Å². The number of nitrogens with zero attached hydrogens (tertiary/aromatic N) is 1. The number of fused-ring (bicyclic) bond motifs is 1. The fraction of sp³-hybridized carbons (Fsp3) is 0.0476. The van der Waals surface area contributed by atoms with E-state index in [9.17, 15) is 4.79 Å². The normalized spacial score (nSPS) is 10.8. The summed E-state index contributed by atoms with van der Waals surface area (Å²) in [6.45, 7) is 2.01. The molecule has 0 aliphatic heterocycles. The molecule has 0 fully saturated rings. The third kappa shape index (κ3) is 3.19. The third-order valence-electron chi connectivity index (χ3n) is 4.05. The van der Waals surface area contributed by atoms with E-state index in [1.54, 1.807) is 24.3 Å². The molecule has 26 heavy (non-hydrogen) atoms. The molecular formula is C21H15ClN2O2. The zero-order chi connectivity index (χ0) is 18.1. The second-order valence-electron chi connectivity index (χ2n) is 6.00. The van der Waals surface area contributed by atoms with Crippen LogP contribution in [0.4, 0.5) is 5.69 Å². The first-order valence-corrected chi connectivity index (χ1v) is 8.51. The van der Waals surface area contributed by atoms with Crippen molar-refractivity contribution in [1.29, 1.82) is 0 Å². The Kier molecular flexibility index (Phi) is 4.19. The molecule has 1 aromatic heterocycles. The van der Waals surface area contributed by atoms with E-state index in [1.807, 2.05) is 49.4 Å². The molecule has 128 valence electrons. The van der Waals surface area contributed by atoms with E-state index in [-0.39, 0.29) is 5.91 Å². The van der Waals surface area contributed by atoms with Crippen LogP contribution in [0.1, 0.15) is 15.9 Å². The minimum Gasteiger partial charge on any atom is -0.436 e. The Morgan fingerprint density at radius 2 is 1.81 bits per heavy atom. The van der Waals surface area contributed by atoms with E-state index >= 15 is 0 Å². The van der Waals surface area contributed by atoms with Gasteiger partial charge in [-0.15, -0.1) is 0 Å². The maximum atomic E-state index is 12.3. The molecule has 1 amide bonds. The lowest BCUT2D eigenvalue weighted by Crippen LogP contribution is -2.12. The summed E-state index contributed by atoms with van der Waals surface area (Å²) in [5.74, 6) is 0.301. The summed E-state index contributed by atoms with van der Waals surface area (Å²) in [6.07, 6.45) is 0. The largest absolute Gasteiger partial charge is 0.436 e. The number of rotatable bonds is 3. The van der Waals surface area contributed by atoms with Crippen LogP contribution >= 0.6 is 11.6 Å². The molecule has 4 rings (SSSR count). The minimum absolute atomic E-state index is 0.249. The smallest absolute Gasteiger partial charge is 0.257 e. The zero-order valence-electron chi connectivity index (χ0n) is 14.0. The van der Waals surface area contributed by atoms with Crippen LogP contribution < -0.4 is 5.32 Å². The van der Waals surface area contributed by atoms with Crippen molar-refractivity contribution in [2.24, 2.45) is 0 Å². The Morgan fingerprint density at radius 3 is 2.58 bits per heavy atom. The highest BCUT2D eigenvalue weighted by Gasteiger charge is 2.11. The monoisotopic (exact) mass is 362 g/mol. The number of hydrogen-bond acceptors (Lipinski definition) is 3. The molecule has 0 unspecified atom stereocenters. The molecule has 0 bridgehead atoms. The summed E-state index contributed by atoms with van der Waals surface area (Å²) in [5, 5.41) is 3.26. The molecule has 1 heterocycles. The Hall–Kier alpha value is -3.11. The maximum Gasteiger partial charge on any atom is 0.257 e. The van der Waals surface area contributed by atoms with Crippen molar-refractivity contribution in [3.8, 4) is 11.5 Å². The van der Waals surface area contributed by atoms with Gasteiger partial charge in [0.05, 0.1) is 10.6 Å². The first-order valence-electron chi connectivity index (χ1n) is 8.14. The summed E-state index contributed by atoms with van der Waals surface area (Å²) >= 11 is 6.06. The third-order valence-corrected chi connectivity index (χ3v) is 4.38. The fourth-order valence-electron chi connectivity index (χ4n) is 2.70. The molecule has 4 nitrogen and oxygen atoms in total. The molecule has 3 aromatic carbocycles. The average Bonchev–Trinajstić information content (AvgIpc) is 3.05. The number of hydrogen-bond donors (Lipinski definition) is 1. The number of carbonyl (C=O) groups excluding carboxylic acids is 1. The van der Waals surface area contributed by atoms with Gasteiger partial charge < -0.3 is 9.73 Å². The highest BCUT2D eigenvalue weighted by Crippen LogP contribution is 2.26. The van der Waals surface area contributed by atoms with Gasteiger partial charge in [0.15, 0.2) is 5.58 Å². The molecule has 0 saturated heterocycles. The van der Waals surface area contributed by atoms with Gasteiger partial charge in [-0.05, 0) is 61.0 Å². The van der Waals surface area contributed by atoms with Crippen molar-refractivity contribution < 1.29 is 9.21 Å². The van der Waals surface area contributed by atoms with Crippen LogP contribution in [0.3, 0.4) is 0 Å². The number of amides is 1. The summed E-state index contributed by atoms with van der Waals surface area (Å²) in [6, 6.07) is 20.2. The van der Waals surface area contributed by atoms with Gasteiger partial charge in [0, 0.05) is 11.3 Å². The SMILES string of the molecule is Cc1ccc2nc(-c3ccc(NC(=O)c4ccccc4Cl)cc3)oc2c1. The second-order valence-corrected chi connectivity index (χ2v) is 6.41. The fourth-order valence-corrected chi connectivity index (χ4v) is 2.92. The van der Waals surface area contributed by atoms with E-state index in [2.05, 4.69) is 10.3 Å². The number of oxazole rings is 1. The van der Waals surface area contributed by atoms with E-state index in [0.29, 0.717) is 22.2 Å². The molecule has 1 N–H and O–H groups in total. The number of halogens is 1. The number of anilines is 1. The van der Waals surface area contributed by atoms with Gasteiger partial charge in [-0.3, -0.25) is 4.79 Å². The van der Waals surface area contributed by atoms with E-state index in [4.69, 9.17) is 16.0 Å². The highest BCUT2D eigenvalue weighted by molar-refractivity contribution is 6.34. The number of carbonyl (C=O) groups is 1. The topological polar surface area (TPSA) is 55.1 Å². The van der Waals surface area contributed by atoms with Crippen LogP contribution in [0.2, 0.25) is 5.02 Å². The molecule has 0 aliphatic rings. The van der Waals surface area contributed by atoms with Crippen molar-refractivity contribution in [1.82, 2.24) is 4.98 Å². The zero-order valence-corrected chi connectivity index (χ0v) is 14.7. The predicted molar refractivity (Wildman–Crippen MR) is 104 cm³/mol. The van der Waals surface area contributed by atoms with Gasteiger partial charge in [0.2, 0.25) is 5.89 Å². The maximum absolute atomic E-state index is 12.3. The van der Waals surface area contributed by atoms with E-state index in [0.717, 1.165) is 22.2 Å². The summed E-state index contributed by atoms with van der Waals surface area (Å²) in [7, 11) is 0. The lowest BCUT2D eigenvalue weighted by atomic mass is 10.2. The van der Waals surface area contributed by atoms with Crippen LogP contribution in [0.5, 0.6) is 0 Å². The Morgan fingerprint density at radius 1 is 1.04 bits per heavy atom. The molecular weight excluding hydrogens is 348 g/mol. The predicted octanol–water partition coefficient (Wildman–Crippen LogP) is 5.71. The molecule has 0 radical (unpaired) electrons. The van der Waals surface area contributed by atoms with Gasteiger partial charge in [-0.25, -0.2) is 4.98 Å². The summed E-state index contributed by atoms with van der Waals surface area (Å²) in [4.78, 5) is 16.8. The van der Waals surface area contributed by atoms with Crippen molar-refractivity contribution in [2.45, 2.75) is 6.92 Å². The van der Waals surface area contributed by atoms with Gasteiger partial charge in [0.25, 0.3) is 5.91 Å². The van der Waals surface area contributed by atoms with Crippen LogP contribution in [0, 0.1) is 6.92 Å². The van der Waals surface area contributed by atoms with Gasteiger partial charge in [-0.2, -0.15) is 0 Å². The average molecular weight is 363 g/mol. The van der Waals surface area contributed by atoms with Crippen LogP contribution in [-0.4, -0.2) is 10.9 Å². The van der Waals surface area contributed by atoms with Gasteiger partial charge >= 0.3 is 0 Å². The van der Waals surface area contributed by atoms with Crippen molar-refractivity contribution in [3.05, 3.63) is 82.9 Å². The Labute approximate surface area is 155 Å². The first-order chi connectivity index (χ1) is 12.6. The first kappa shape index (κ1) is 16.4. The molecule has 0 saturated carbocycles. The molecule has 4 aromatic rings. The quantitative estimate of drug-likeness (QED) is 0.508. The number of nitrogens with one attached hydrogen (secondary N) is 1. The van der Waals surface area contributed by atoms with Crippen LogP contribution in [0.25, 0.3) is 22.6 Å². The second kappa shape index (κ2) is 6.65. The van der Waals surface area contributed by atoms with Crippen LogP contribution in [-0.2, 0) is 0 Å². The molecule has 0 atom stereocenters. The Balaban J connectivity index is 1.56. The van der Waals surface area contributed by atoms with E-state index in [1.165, 1.54) is 0 Å². The Bertz CT molecular complexity index is 1100. The van der Waals surface area contributed by atoms with Crippen molar-refractivity contribution in [3.63, 3.8) is 0 Å².